The van der Waals surface area contributed by atoms with Crippen LogP contribution in [0, 0.1) is 12.8 Å². The lowest BCUT2D eigenvalue weighted by Crippen LogP contribution is -2.32. The minimum absolute atomic E-state index is 0.0773. The molecule has 1 unspecified atom stereocenters. The van der Waals surface area contributed by atoms with E-state index in [1.54, 1.807) is 17.8 Å². The predicted molar refractivity (Wildman–Crippen MR) is 171 cm³/mol. The summed E-state index contributed by atoms with van der Waals surface area (Å²) >= 11 is 1.72. The van der Waals surface area contributed by atoms with Crippen LogP contribution in [0.15, 0.2) is 66.4 Å². The number of rotatable bonds is 8. The molecule has 42 heavy (non-hydrogen) atoms. The first kappa shape index (κ1) is 28.9. The number of nitrogens with zero attached hydrogens (tertiary/aromatic N) is 6. The van der Waals surface area contributed by atoms with Gasteiger partial charge < -0.3 is 9.30 Å². The van der Waals surface area contributed by atoms with E-state index in [1.165, 1.54) is 5.56 Å². The molecule has 0 spiro atoms. The molecule has 5 heterocycles. The highest BCUT2D eigenvalue weighted by Gasteiger charge is 2.34. The molecular formula is C32H38N6O2S2. The van der Waals surface area contributed by atoms with E-state index in [9.17, 15) is 4.21 Å². The molecule has 2 aliphatic rings. The Morgan fingerprint density at radius 1 is 1.21 bits per heavy atom. The van der Waals surface area contributed by atoms with Crippen LogP contribution in [-0.4, -0.2) is 64.8 Å². The molecule has 220 valence electrons. The van der Waals surface area contributed by atoms with Crippen LogP contribution >= 0.6 is 11.8 Å². The van der Waals surface area contributed by atoms with Crippen molar-refractivity contribution < 1.29 is 8.95 Å². The number of hydrogen-bond acceptors (Lipinski definition) is 6. The fourth-order valence-electron chi connectivity index (χ4n) is 6.49. The highest BCUT2D eigenvalue weighted by atomic mass is 32.2. The largest absolute Gasteiger partial charge is 0.381 e. The lowest BCUT2D eigenvalue weighted by molar-refractivity contribution is 0.0539. The number of ether oxygens (including phenoxy) is 1. The fourth-order valence-corrected chi connectivity index (χ4v) is 8.68. The molecule has 2 aliphatic heterocycles. The second kappa shape index (κ2) is 12.6. The van der Waals surface area contributed by atoms with Gasteiger partial charge in [-0.05, 0) is 62.5 Å². The maximum absolute atomic E-state index is 13.4. The summed E-state index contributed by atoms with van der Waals surface area (Å²) in [5.74, 6) is 1.05. The Morgan fingerprint density at radius 2 is 2.00 bits per heavy atom. The van der Waals surface area contributed by atoms with Gasteiger partial charge >= 0.3 is 0 Å². The van der Waals surface area contributed by atoms with Gasteiger partial charge in [-0.1, -0.05) is 48.2 Å². The third kappa shape index (κ3) is 5.24. The van der Waals surface area contributed by atoms with Crippen LogP contribution in [0.25, 0.3) is 28.0 Å². The zero-order valence-corrected chi connectivity index (χ0v) is 26.2. The second-order valence-electron chi connectivity index (χ2n) is 10.9. The number of fused-ring (bicyclic) bond motifs is 1. The van der Waals surface area contributed by atoms with Gasteiger partial charge in [0.15, 0.2) is 0 Å². The smallest absolute Gasteiger partial charge is 0.119 e. The van der Waals surface area contributed by atoms with Gasteiger partial charge in [0.2, 0.25) is 0 Å². The molecule has 2 saturated heterocycles. The average molecular weight is 603 g/mol. The minimum Gasteiger partial charge on any atom is -0.381 e. The van der Waals surface area contributed by atoms with Crippen LogP contribution < -0.4 is 0 Å². The van der Waals surface area contributed by atoms with Gasteiger partial charge in [-0.2, -0.15) is 0 Å². The molecule has 1 aromatic carbocycles. The molecular weight excluding hydrogens is 565 g/mol. The van der Waals surface area contributed by atoms with Crippen LogP contribution in [0.1, 0.15) is 48.5 Å². The van der Waals surface area contributed by atoms with Crippen LogP contribution in [0.2, 0.25) is 0 Å². The van der Waals surface area contributed by atoms with Crippen molar-refractivity contribution in [1.29, 1.82) is 0 Å². The zero-order chi connectivity index (χ0) is 29.2. The molecule has 8 nitrogen and oxygen atoms in total. The Kier molecular flexibility index (Phi) is 8.65. The van der Waals surface area contributed by atoms with Crippen molar-refractivity contribution in [2.45, 2.75) is 43.7 Å². The first-order valence-electron chi connectivity index (χ1n) is 14.6. The van der Waals surface area contributed by atoms with E-state index >= 15 is 0 Å². The van der Waals surface area contributed by atoms with Crippen molar-refractivity contribution in [1.82, 2.24) is 28.9 Å². The van der Waals surface area contributed by atoms with Crippen molar-refractivity contribution >= 4 is 39.5 Å². The first-order valence-corrected chi connectivity index (χ1v) is 17.1. The average Bonchev–Trinajstić information content (AvgIpc) is 3.52. The summed E-state index contributed by atoms with van der Waals surface area (Å²) in [6, 6.07) is 13.1. The number of hydrogen-bond donors (Lipinski definition) is 0. The Labute approximate surface area is 254 Å². The minimum atomic E-state index is -1.11. The number of allylic oxidation sites excluding steroid dienone is 2. The summed E-state index contributed by atoms with van der Waals surface area (Å²) < 4.78 is 25.6. The SMILES string of the molecule is C=C/C=C(\c1c(SC)n([C@H](c2ccccc2)C2CCOCC2)c2cc(-c3c(C)nnn3C)cnc12)N1CCCCS1=O. The molecule has 2 fully saturated rings. The topological polar surface area (TPSA) is 78.1 Å². The quantitative estimate of drug-likeness (QED) is 0.178. The Balaban J connectivity index is 1.68. The lowest BCUT2D eigenvalue weighted by Gasteiger charge is -2.34. The Morgan fingerprint density at radius 3 is 2.67 bits per heavy atom. The summed E-state index contributed by atoms with van der Waals surface area (Å²) in [6.07, 6.45) is 11.8. The van der Waals surface area contributed by atoms with Gasteiger partial charge in [-0.25, -0.2) is 8.89 Å². The molecule has 2 atom stereocenters. The van der Waals surface area contributed by atoms with Crippen LogP contribution in [0.3, 0.4) is 0 Å². The molecule has 0 saturated carbocycles. The molecule has 0 N–H and O–H groups in total. The molecule has 0 amide bonds. The van der Waals surface area contributed by atoms with Gasteiger partial charge in [-0.3, -0.25) is 9.29 Å². The van der Waals surface area contributed by atoms with Crippen LogP contribution in [0.5, 0.6) is 0 Å². The van der Waals surface area contributed by atoms with Crippen LogP contribution in [-0.2, 0) is 22.8 Å². The summed E-state index contributed by atoms with van der Waals surface area (Å²) in [6.45, 7) is 8.28. The summed E-state index contributed by atoms with van der Waals surface area (Å²) in [5, 5.41) is 9.69. The number of thioether (sulfide) groups is 1. The molecule has 0 radical (unpaired) electrons. The lowest BCUT2D eigenvalue weighted by atomic mass is 9.86. The molecule has 4 aromatic rings. The predicted octanol–water partition coefficient (Wildman–Crippen LogP) is 6.16. The van der Waals surface area contributed by atoms with E-state index in [2.05, 4.69) is 68.4 Å². The van der Waals surface area contributed by atoms with Gasteiger partial charge in [-0.15, -0.1) is 16.9 Å². The van der Waals surface area contributed by atoms with Crippen LogP contribution in [0.4, 0.5) is 0 Å². The normalized spacial score (nSPS) is 19.4. The summed E-state index contributed by atoms with van der Waals surface area (Å²) in [5.41, 5.74) is 7.95. The molecule has 0 bridgehead atoms. The monoisotopic (exact) mass is 602 g/mol. The molecule has 10 heteroatoms. The maximum atomic E-state index is 13.4. The van der Waals surface area contributed by atoms with Crippen molar-refractivity contribution in [3.05, 3.63) is 78.1 Å². The van der Waals surface area contributed by atoms with E-state index in [0.29, 0.717) is 11.7 Å². The second-order valence-corrected chi connectivity index (χ2v) is 13.2. The van der Waals surface area contributed by atoms with Crippen molar-refractivity contribution in [2.75, 3.05) is 31.8 Å². The van der Waals surface area contributed by atoms with Gasteiger partial charge in [0.1, 0.15) is 11.0 Å². The standard InChI is InChI=1S/C32H38N6O2S2/c1-5-11-26(37-16-9-10-19-42(37)39)28-29-27(20-25(21-33-29)30-22(2)34-35-36(30)3)38(32(28)41-4)31(23-12-7-6-8-13-23)24-14-17-40-18-15-24/h5-8,11-13,20-21,24,31H,1,9-10,14-19H2,2-4H3/b26-11+/t31-,42?/m1/s1. The van der Waals surface area contributed by atoms with E-state index in [4.69, 9.17) is 9.72 Å². The van der Waals surface area contributed by atoms with Crippen molar-refractivity contribution in [3.63, 3.8) is 0 Å². The first-order chi connectivity index (χ1) is 20.5. The van der Waals surface area contributed by atoms with Crippen molar-refractivity contribution in [2.24, 2.45) is 13.0 Å². The maximum Gasteiger partial charge on any atom is 0.119 e. The van der Waals surface area contributed by atoms with Crippen molar-refractivity contribution in [3.8, 4) is 11.3 Å². The molecule has 3 aromatic heterocycles. The summed E-state index contributed by atoms with van der Waals surface area (Å²) in [4.78, 5) is 5.16. The van der Waals surface area contributed by atoms with E-state index in [1.807, 2.05) is 30.9 Å². The fraction of sp³-hybridized carbons (Fsp3) is 0.406. The van der Waals surface area contributed by atoms with E-state index < -0.39 is 11.0 Å². The highest BCUT2D eigenvalue weighted by Crippen LogP contribution is 2.45. The Bertz CT molecular complexity index is 1620. The Hall–Kier alpha value is -3.21. The molecule has 0 aliphatic carbocycles. The van der Waals surface area contributed by atoms with E-state index in [0.717, 1.165) is 89.7 Å². The summed E-state index contributed by atoms with van der Waals surface area (Å²) in [7, 11) is 0.814. The third-order valence-electron chi connectivity index (χ3n) is 8.37. The van der Waals surface area contributed by atoms with Gasteiger partial charge in [0, 0.05) is 44.3 Å². The number of aryl methyl sites for hydroxylation is 2. The third-order valence-corrected chi connectivity index (χ3v) is 10.7. The molecule has 6 rings (SSSR count). The highest BCUT2D eigenvalue weighted by molar-refractivity contribution is 7.98. The number of benzene rings is 1. The number of pyridine rings is 1. The number of aromatic nitrogens is 5. The zero-order valence-electron chi connectivity index (χ0n) is 24.5. The van der Waals surface area contributed by atoms with E-state index in [-0.39, 0.29) is 6.04 Å². The van der Waals surface area contributed by atoms with Gasteiger partial charge in [0.25, 0.3) is 0 Å². The van der Waals surface area contributed by atoms with Gasteiger partial charge in [0.05, 0.1) is 44.7 Å².